The third kappa shape index (κ3) is 11.2. The molecule has 2 aromatic carbocycles. The fourth-order valence-electron chi connectivity index (χ4n) is 8.46. The summed E-state index contributed by atoms with van der Waals surface area (Å²) < 4.78 is 10.8. The molecule has 1 unspecified atom stereocenters. The van der Waals surface area contributed by atoms with E-state index in [-0.39, 0.29) is 89.0 Å². The molecule has 314 valence electrons. The molecule has 58 heavy (non-hydrogen) atoms. The minimum Gasteiger partial charge on any atom is -1.00 e. The molecular weight excluding hydrogens is 836 g/mol. The molecule has 2 spiro atoms. The molecule has 12 nitrogen and oxygen atoms in total. The Morgan fingerprint density at radius 1 is 0.948 bits per heavy atom. The number of imide groups is 1. The van der Waals surface area contributed by atoms with Crippen molar-refractivity contribution in [3.63, 3.8) is 0 Å². The van der Waals surface area contributed by atoms with Gasteiger partial charge in [-0.25, -0.2) is 34.0 Å². The Balaban J connectivity index is 0.000000370. The normalized spacial score (nSPS) is 19.7. The molecule has 6 amide bonds. The van der Waals surface area contributed by atoms with Crippen LogP contribution in [0, 0.1) is 27.7 Å². The third-order valence-corrected chi connectivity index (χ3v) is 10.8. The fraction of sp³-hybridized carbons (Fsp3) is 0.512. The average Bonchev–Trinajstić information content (AvgIpc) is 3.38. The zero-order chi connectivity index (χ0) is 40.3. The number of nitrogens with one attached hydrogen (secondary N) is 3. The first-order valence-electron chi connectivity index (χ1n) is 19.2. The number of piperidine rings is 2. The predicted molar refractivity (Wildman–Crippen MR) is 226 cm³/mol. The second-order valence-corrected chi connectivity index (χ2v) is 16.4. The Kier molecular flexibility index (Phi) is 18.1. The van der Waals surface area contributed by atoms with E-state index in [9.17, 15) is 19.2 Å². The van der Waals surface area contributed by atoms with Crippen molar-refractivity contribution in [2.24, 2.45) is 0 Å². The van der Waals surface area contributed by atoms with Crippen LogP contribution in [-0.2, 0) is 22.6 Å². The molecule has 4 fully saturated rings. The number of rotatable bonds is 3. The topological polar surface area (TPSA) is 133 Å². The molecule has 15 heteroatoms. The van der Waals surface area contributed by atoms with Crippen LogP contribution in [0.25, 0.3) is 0 Å². The van der Waals surface area contributed by atoms with Crippen molar-refractivity contribution in [2.75, 3.05) is 33.3 Å². The number of halogens is 2. The number of hydrogen-bond donors (Lipinski definition) is 3. The van der Waals surface area contributed by atoms with Gasteiger partial charge in [0.05, 0.1) is 25.7 Å². The van der Waals surface area contributed by atoms with Crippen LogP contribution in [0.15, 0.2) is 54.8 Å². The number of carbonyl (C=O) groups is 4. The second kappa shape index (κ2) is 20.7. The summed E-state index contributed by atoms with van der Waals surface area (Å²) in [5.74, 6) is 0.854. The van der Waals surface area contributed by atoms with E-state index in [1.165, 1.54) is 33.2 Å². The summed E-state index contributed by atoms with van der Waals surface area (Å²) in [4.78, 5) is 55.4. The van der Waals surface area contributed by atoms with Crippen molar-refractivity contribution < 1.29 is 45.6 Å². The Morgan fingerprint density at radius 3 is 2.12 bits per heavy atom. The minimum atomic E-state index is -0.712. The van der Waals surface area contributed by atoms with Gasteiger partial charge in [-0.1, -0.05) is 36.8 Å². The maximum Gasteiger partial charge on any atom is 2.00 e. The van der Waals surface area contributed by atoms with Crippen LogP contribution < -0.4 is 37.7 Å². The van der Waals surface area contributed by atoms with Gasteiger partial charge in [0.25, 0.3) is 5.91 Å². The van der Waals surface area contributed by atoms with Gasteiger partial charge < -0.3 is 47.3 Å². The number of likely N-dealkylation sites (tertiary alicyclic amines) is 1. The van der Waals surface area contributed by atoms with Crippen LogP contribution in [-0.4, -0.2) is 112 Å². The number of urea groups is 2. The first-order valence-corrected chi connectivity index (χ1v) is 19.2. The van der Waals surface area contributed by atoms with E-state index in [0.29, 0.717) is 45.3 Å². The molecule has 0 bridgehead atoms. The molecule has 2 aromatic rings. The predicted octanol–water partition coefficient (Wildman–Crippen LogP) is 3.83. The SMILES string of the molecule is C=C[CH2-].COc1cc(C)cc(CN2C(=O)NC3(CCNCC3)C2=O)c1.Cc1cc(C)c2c(c1)CN1C(=O)NC3(CCN(C(=O)OC(C)(C)C)CC3)C1=CC2C.Cl.[Br-].[Mg+2]. The minimum absolute atomic E-state index is 0. The summed E-state index contributed by atoms with van der Waals surface area (Å²) in [6, 6.07) is 9.85. The van der Waals surface area contributed by atoms with Crippen LogP contribution >= 0.6 is 12.4 Å². The number of aryl methyl sites for hydroxylation is 3. The molecule has 1 atom stereocenters. The number of ether oxygens (including phenoxy) is 2. The first-order chi connectivity index (χ1) is 25.9. The molecule has 5 heterocycles. The van der Waals surface area contributed by atoms with Gasteiger partial charge in [0.15, 0.2) is 0 Å². The Morgan fingerprint density at radius 2 is 1.53 bits per heavy atom. The summed E-state index contributed by atoms with van der Waals surface area (Å²) in [7, 11) is 1.61. The molecule has 0 saturated carbocycles. The first kappa shape index (κ1) is 50.7. The number of allylic oxidation sites excluding steroid dienone is 2. The molecule has 7 rings (SSSR count). The molecular formula is C43H60BrClMgN6O6. The fourth-order valence-corrected chi connectivity index (χ4v) is 8.46. The van der Waals surface area contributed by atoms with E-state index < -0.39 is 16.7 Å². The van der Waals surface area contributed by atoms with Gasteiger partial charge in [0, 0.05) is 24.7 Å². The summed E-state index contributed by atoms with van der Waals surface area (Å²) in [5.41, 5.74) is 6.44. The van der Waals surface area contributed by atoms with Crippen molar-refractivity contribution in [3.05, 3.63) is 95.1 Å². The van der Waals surface area contributed by atoms with E-state index in [0.717, 1.165) is 35.7 Å². The number of methoxy groups -OCH3 is 1. The van der Waals surface area contributed by atoms with Gasteiger partial charge >= 0.3 is 41.2 Å². The van der Waals surface area contributed by atoms with Gasteiger partial charge in [0.2, 0.25) is 0 Å². The van der Waals surface area contributed by atoms with Crippen molar-refractivity contribution in [1.82, 2.24) is 30.7 Å². The largest absolute Gasteiger partial charge is 2.00 e. The quantitative estimate of drug-likeness (QED) is 0.243. The summed E-state index contributed by atoms with van der Waals surface area (Å²) in [6.07, 6.45) is 6.16. The summed E-state index contributed by atoms with van der Waals surface area (Å²) >= 11 is 0. The van der Waals surface area contributed by atoms with E-state index in [2.05, 4.69) is 68.4 Å². The van der Waals surface area contributed by atoms with Crippen molar-refractivity contribution in [2.45, 2.75) is 110 Å². The van der Waals surface area contributed by atoms with Crippen LogP contribution in [0.5, 0.6) is 5.75 Å². The molecule has 0 aliphatic carbocycles. The molecule has 0 radical (unpaired) electrons. The van der Waals surface area contributed by atoms with Crippen molar-refractivity contribution >= 4 is 59.5 Å². The van der Waals surface area contributed by atoms with Crippen molar-refractivity contribution in [3.8, 4) is 5.75 Å². The Labute approximate surface area is 377 Å². The standard InChI is InChI=1S/C24H33N3O3.C16H21N3O3.C3H5.BrH.ClH.Mg/c1-15-11-16(2)20-17(3)13-19-24(25-21(28)27(19)14-18(20)12-15)7-9-26(10-8-24)22(29)30-23(4,5)6;1-11-7-12(9-13(8-11)22-2)10-19-14(20)16(18-15(19)21)3-5-17-6-4-16;1-3-2;;;/h11-13,17H,7-10,14H2,1-6H3,(H,25,28);7-9,17H,3-6,10H2,1-2H3,(H,18,21);3H,1-2H2;2*1H;/q;;-1;;;+2/p-1. The maximum absolute atomic E-state index is 13.0. The number of nitrogens with zero attached hydrogens (tertiary/aromatic N) is 3. The van der Waals surface area contributed by atoms with Crippen LogP contribution in [0.1, 0.15) is 92.7 Å². The summed E-state index contributed by atoms with van der Waals surface area (Å²) in [5, 5.41) is 9.39. The number of hydrogen-bond acceptors (Lipinski definition) is 7. The molecule has 3 N–H and O–H groups in total. The van der Waals surface area contributed by atoms with Gasteiger partial charge in [-0.3, -0.25) is 14.6 Å². The number of amides is 6. The van der Waals surface area contributed by atoms with Gasteiger partial charge in [-0.05, 0) is 120 Å². The molecule has 4 saturated heterocycles. The Bertz CT molecular complexity index is 1850. The van der Waals surface area contributed by atoms with Crippen LogP contribution in [0.3, 0.4) is 0 Å². The van der Waals surface area contributed by atoms with E-state index in [4.69, 9.17) is 9.47 Å². The zero-order valence-electron chi connectivity index (χ0n) is 35.4. The Hall–Kier alpha value is -3.43. The average molecular weight is 897 g/mol. The summed E-state index contributed by atoms with van der Waals surface area (Å²) in [6.45, 7) is 24.1. The maximum atomic E-state index is 13.0. The molecule has 5 aliphatic rings. The van der Waals surface area contributed by atoms with Crippen LogP contribution in [0.2, 0.25) is 0 Å². The van der Waals surface area contributed by atoms with Gasteiger partial charge in [-0.15, -0.1) is 12.4 Å². The second-order valence-electron chi connectivity index (χ2n) is 16.4. The number of fused-ring (bicyclic) bond motifs is 3. The van der Waals surface area contributed by atoms with Crippen LogP contribution in [0.4, 0.5) is 14.4 Å². The monoisotopic (exact) mass is 894 g/mol. The van der Waals surface area contributed by atoms with Crippen molar-refractivity contribution in [1.29, 1.82) is 0 Å². The van der Waals surface area contributed by atoms with Gasteiger partial charge in [0.1, 0.15) is 16.9 Å². The molecule has 5 aliphatic heterocycles. The smallest absolute Gasteiger partial charge is 1.00 e. The third-order valence-electron chi connectivity index (χ3n) is 10.8. The van der Waals surface area contributed by atoms with E-state index in [1.54, 1.807) is 12.0 Å². The number of benzene rings is 2. The number of carbonyl (C=O) groups excluding carboxylic acids is 4. The van der Waals surface area contributed by atoms with E-state index >= 15 is 0 Å². The zero-order valence-corrected chi connectivity index (χ0v) is 39.2. The van der Waals surface area contributed by atoms with Gasteiger partial charge in [-0.2, -0.15) is 0 Å². The van der Waals surface area contributed by atoms with E-state index in [1.807, 2.05) is 50.8 Å². The molecule has 0 aromatic heterocycles.